The lowest BCUT2D eigenvalue weighted by Crippen LogP contribution is -2.45. The Morgan fingerprint density at radius 1 is 1.29 bits per heavy atom. The summed E-state index contributed by atoms with van der Waals surface area (Å²) >= 11 is 0. The van der Waals surface area contributed by atoms with Crippen LogP contribution in [0.3, 0.4) is 0 Å². The molecule has 3 unspecified atom stereocenters. The van der Waals surface area contributed by atoms with E-state index in [1.54, 1.807) is 7.05 Å². The van der Waals surface area contributed by atoms with Crippen molar-refractivity contribution in [2.45, 2.75) is 45.8 Å². The molecule has 0 aromatic carbocycles. The van der Waals surface area contributed by atoms with Crippen LogP contribution in [0.15, 0.2) is 0 Å². The summed E-state index contributed by atoms with van der Waals surface area (Å²) in [4.78, 5) is 0. The van der Waals surface area contributed by atoms with Crippen molar-refractivity contribution in [3.8, 4) is 0 Å². The molecule has 0 bridgehead atoms. The molecule has 0 amide bonds. The average molecular weight is 319 g/mol. The summed E-state index contributed by atoms with van der Waals surface area (Å²) < 4.78 is 30.7. The van der Waals surface area contributed by atoms with Crippen LogP contribution >= 0.6 is 0 Å². The van der Waals surface area contributed by atoms with Gasteiger partial charge in [0, 0.05) is 13.0 Å². The van der Waals surface area contributed by atoms with Gasteiger partial charge >= 0.3 is 0 Å². The van der Waals surface area contributed by atoms with Gasteiger partial charge in [0.2, 0.25) is 10.0 Å². The van der Waals surface area contributed by atoms with Crippen molar-refractivity contribution in [3.05, 3.63) is 5.82 Å². The predicted octanol–water partition coefficient (Wildman–Crippen LogP) is 0.624. The van der Waals surface area contributed by atoms with Gasteiger partial charge in [0.05, 0.1) is 25.0 Å². The van der Waals surface area contributed by atoms with Crippen LogP contribution in [-0.2, 0) is 14.8 Å². The van der Waals surface area contributed by atoms with Crippen molar-refractivity contribution in [2.24, 2.45) is 5.92 Å². The second-order valence-electron chi connectivity index (χ2n) is 5.65. The zero-order chi connectivity index (χ0) is 16.2. The maximum Gasteiger partial charge on any atom is 0.211 e. The Morgan fingerprint density at radius 2 is 1.90 bits per heavy atom. The monoisotopic (exact) mass is 319 g/mol. The van der Waals surface area contributed by atoms with E-state index in [9.17, 15) is 8.42 Å². The standard InChI is InChI=1S/C12H25N5O3S/c1-8(2)20-7-11(17(5)21(6,18)19)9(3)10(4)12-13-15-16-14-12/h8-11H,7H2,1-6H3,(H,13,14,15,16). The van der Waals surface area contributed by atoms with Crippen molar-refractivity contribution in [2.75, 3.05) is 19.9 Å². The molecular weight excluding hydrogens is 294 g/mol. The lowest BCUT2D eigenvalue weighted by molar-refractivity contribution is 0.0311. The number of ether oxygens (including phenoxy) is 1. The van der Waals surface area contributed by atoms with Crippen LogP contribution in [0.4, 0.5) is 0 Å². The number of H-pyrrole nitrogens is 1. The molecular formula is C12H25N5O3S. The Bertz CT molecular complexity index is 517. The fourth-order valence-corrected chi connectivity index (χ4v) is 2.80. The van der Waals surface area contributed by atoms with E-state index in [-0.39, 0.29) is 24.0 Å². The summed E-state index contributed by atoms with van der Waals surface area (Å²) in [6.45, 7) is 8.09. The third-order valence-corrected chi connectivity index (χ3v) is 5.07. The van der Waals surface area contributed by atoms with Gasteiger partial charge in [0.25, 0.3) is 0 Å². The number of hydrogen-bond acceptors (Lipinski definition) is 6. The number of aromatic amines is 1. The van der Waals surface area contributed by atoms with Gasteiger partial charge < -0.3 is 4.74 Å². The van der Waals surface area contributed by atoms with Crippen LogP contribution in [0.2, 0.25) is 0 Å². The fourth-order valence-electron chi connectivity index (χ4n) is 2.06. The van der Waals surface area contributed by atoms with Gasteiger partial charge in [-0.1, -0.05) is 19.1 Å². The van der Waals surface area contributed by atoms with Crippen LogP contribution in [0.1, 0.15) is 39.4 Å². The van der Waals surface area contributed by atoms with Gasteiger partial charge in [-0.15, -0.1) is 10.2 Å². The molecule has 21 heavy (non-hydrogen) atoms. The van der Waals surface area contributed by atoms with Crippen LogP contribution in [-0.4, -0.2) is 65.4 Å². The van der Waals surface area contributed by atoms with E-state index in [4.69, 9.17) is 4.74 Å². The molecule has 122 valence electrons. The van der Waals surface area contributed by atoms with E-state index in [0.717, 1.165) is 0 Å². The van der Waals surface area contributed by atoms with Crippen molar-refractivity contribution < 1.29 is 13.2 Å². The molecule has 1 aromatic rings. The molecule has 0 saturated heterocycles. The van der Waals surface area contributed by atoms with E-state index in [2.05, 4.69) is 20.6 Å². The molecule has 0 aliphatic carbocycles. The maximum atomic E-state index is 11.9. The van der Waals surface area contributed by atoms with E-state index in [1.165, 1.54) is 10.6 Å². The molecule has 1 aromatic heterocycles. The first kappa shape index (κ1) is 18.0. The Labute approximate surface area is 126 Å². The van der Waals surface area contributed by atoms with Crippen LogP contribution in [0, 0.1) is 5.92 Å². The van der Waals surface area contributed by atoms with E-state index >= 15 is 0 Å². The number of nitrogens with zero attached hydrogens (tertiary/aromatic N) is 4. The minimum absolute atomic E-state index is 0.0268. The van der Waals surface area contributed by atoms with Gasteiger partial charge in [0.15, 0.2) is 5.82 Å². The lowest BCUT2D eigenvalue weighted by Gasteiger charge is -2.33. The van der Waals surface area contributed by atoms with Gasteiger partial charge in [-0.25, -0.2) is 8.42 Å². The normalized spacial score (nSPS) is 17.1. The fraction of sp³-hybridized carbons (Fsp3) is 0.917. The highest BCUT2D eigenvalue weighted by atomic mass is 32.2. The zero-order valence-electron chi connectivity index (χ0n) is 13.4. The summed E-state index contributed by atoms with van der Waals surface area (Å²) in [5.74, 6) is 0.494. The summed E-state index contributed by atoms with van der Waals surface area (Å²) in [6.07, 6.45) is 1.23. The number of rotatable bonds is 8. The van der Waals surface area contributed by atoms with Gasteiger partial charge in [0.1, 0.15) is 0 Å². The zero-order valence-corrected chi connectivity index (χ0v) is 14.3. The second kappa shape index (κ2) is 7.28. The van der Waals surface area contributed by atoms with Gasteiger partial charge in [-0.2, -0.15) is 9.52 Å². The highest BCUT2D eigenvalue weighted by Crippen LogP contribution is 2.27. The molecule has 1 heterocycles. The molecule has 0 fully saturated rings. The molecule has 1 rings (SSSR count). The minimum Gasteiger partial charge on any atom is -0.377 e. The summed E-state index contributed by atoms with van der Waals surface area (Å²) in [5.41, 5.74) is 0. The summed E-state index contributed by atoms with van der Waals surface area (Å²) in [5, 5.41) is 13.9. The number of likely N-dealkylation sites (N-methyl/N-ethyl adjacent to an activating group) is 1. The highest BCUT2D eigenvalue weighted by molar-refractivity contribution is 7.88. The summed E-state index contributed by atoms with van der Waals surface area (Å²) in [7, 11) is -1.74. The van der Waals surface area contributed by atoms with E-state index in [0.29, 0.717) is 12.4 Å². The number of aromatic nitrogens is 4. The Kier molecular flexibility index (Phi) is 6.24. The van der Waals surface area contributed by atoms with E-state index < -0.39 is 10.0 Å². The SMILES string of the molecule is CC(C)OCC(C(C)C(C)c1nn[nH]n1)N(C)S(C)(=O)=O. The molecule has 1 N–H and O–H groups in total. The Balaban J connectivity index is 2.94. The third-order valence-electron chi connectivity index (χ3n) is 3.76. The van der Waals surface area contributed by atoms with Gasteiger partial charge in [-0.3, -0.25) is 0 Å². The topological polar surface area (TPSA) is 101 Å². The molecule has 8 nitrogen and oxygen atoms in total. The Morgan fingerprint density at radius 3 is 2.33 bits per heavy atom. The predicted molar refractivity (Wildman–Crippen MR) is 79.2 cm³/mol. The third kappa shape index (κ3) is 5.01. The largest absolute Gasteiger partial charge is 0.377 e. The smallest absolute Gasteiger partial charge is 0.211 e. The number of sulfonamides is 1. The average Bonchev–Trinajstić information content (AvgIpc) is 2.89. The van der Waals surface area contributed by atoms with Crippen molar-refractivity contribution in [3.63, 3.8) is 0 Å². The molecule has 0 radical (unpaired) electrons. The van der Waals surface area contributed by atoms with Crippen molar-refractivity contribution >= 4 is 10.0 Å². The quantitative estimate of drug-likeness (QED) is 0.754. The first-order valence-corrected chi connectivity index (χ1v) is 8.77. The van der Waals surface area contributed by atoms with Crippen molar-refractivity contribution in [1.29, 1.82) is 0 Å². The van der Waals surface area contributed by atoms with Crippen LogP contribution in [0.5, 0.6) is 0 Å². The number of tetrazole rings is 1. The first-order valence-electron chi connectivity index (χ1n) is 6.92. The molecule has 0 aliphatic heterocycles. The lowest BCUT2D eigenvalue weighted by atomic mass is 9.88. The first-order chi connectivity index (χ1) is 9.64. The number of nitrogens with one attached hydrogen (secondary N) is 1. The molecule has 9 heteroatoms. The summed E-state index contributed by atoms with van der Waals surface area (Å²) in [6, 6.07) is -0.295. The van der Waals surface area contributed by atoms with Crippen LogP contribution < -0.4 is 0 Å². The molecule has 3 atom stereocenters. The van der Waals surface area contributed by atoms with Crippen molar-refractivity contribution in [1.82, 2.24) is 24.9 Å². The second-order valence-corrected chi connectivity index (χ2v) is 7.69. The minimum atomic E-state index is -3.31. The molecule has 0 saturated carbocycles. The maximum absolute atomic E-state index is 11.9. The van der Waals surface area contributed by atoms with Crippen LogP contribution in [0.25, 0.3) is 0 Å². The highest BCUT2D eigenvalue weighted by Gasteiger charge is 2.33. The Hall–Kier alpha value is -1.06. The van der Waals surface area contributed by atoms with Gasteiger partial charge in [-0.05, 0) is 19.8 Å². The molecule has 0 aliphatic rings. The number of hydrogen-bond donors (Lipinski definition) is 1. The van der Waals surface area contributed by atoms with E-state index in [1.807, 2.05) is 27.7 Å². The molecule has 0 spiro atoms.